The summed E-state index contributed by atoms with van der Waals surface area (Å²) in [6.45, 7) is 1.50. The number of rotatable bonds is 5. The molecular weight excluding hydrogens is 475 g/mol. The van der Waals surface area contributed by atoms with E-state index in [4.69, 9.17) is 15.0 Å². The van der Waals surface area contributed by atoms with Crippen molar-refractivity contribution in [3.63, 3.8) is 0 Å². The van der Waals surface area contributed by atoms with Gasteiger partial charge in [0, 0.05) is 5.69 Å². The lowest BCUT2D eigenvalue weighted by Gasteiger charge is -2.16. The molecule has 4 aromatic rings. The number of anilines is 2. The maximum atomic E-state index is 14.2. The molecule has 0 unspecified atom stereocenters. The topological polar surface area (TPSA) is 103 Å². The number of amides is 1. The van der Waals surface area contributed by atoms with Crippen molar-refractivity contribution in [2.75, 3.05) is 11.1 Å². The number of aromatic nitrogens is 2. The lowest BCUT2D eigenvalue weighted by atomic mass is 10.1. The Kier molecular flexibility index (Phi) is 6.12. The van der Waals surface area contributed by atoms with Gasteiger partial charge in [-0.2, -0.15) is 18.2 Å². The first-order valence-electron chi connectivity index (χ1n) is 9.87. The zero-order chi connectivity index (χ0) is 25.3. The number of nitrogens with zero attached hydrogens (tertiary/aromatic N) is 2. The second kappa shape index (κ2) is 9.05. The number of nitrogens with one attached hydrogen (secondary N) is 1. The molecule has 3 aromatic carbocycles. The zero-order valence-corrected chi connectivity index (χ0v) is 17.8. The second-order valence-corrected chi connectivity index (χ2v) is 7.33. The summed E-state index contributed by atoms with van der Waals surface area (Å²) in [6, 6.07) is 9.20. The van der Waals surface area contributed by atoms with E-state index in [1.165, 1.54) is 25.1 Å². The molecule has 7 nitrogen and oxygen atoms in total. The number of ether oxygens (including phenoxy) is 1. The van der Waals surface area contributed by atoms with E-state index in [1.54, 1.807) is 0 Å². The van der Waals surface area contributed by atoms with E-state index < -0.39 is 35.0 Å². The number of hydrogen-bond acceptors (Lipinski definition) is 6. The number of nitrogens with two attached hydrogens (primary N) is 1. The monoisotopic (exact) mass is 490 g/mol. The van der Waals surface area contributed by atoms with Crippen LogP contribution in [0.5, 0.6) is 11.5 Å². The molecule has 0 saturated heterocycles. The van der Waals surface area contributed by atoms with Crippen LogP contribution in [0.15, 0.2) is 59.1 Å². The Morgan fingerprint density at radius 3 is 2.46 bits per heavy atom. The van der Waals surface area contributed by atoms with Gasteiger partial charge in [-0.3, -0.25) is 4.79 Å². The Bertz CT molecular complexity index is 1420. The van der Waals surface area contributed by atoms with Crippen LogP contribution in [0.2, 0.25) is 0 Å². The Balaban J connectivity index is 1.69. The van der Waals surface area contributed by atoms with Crippen LogP contribution < -0.4 is 15.8 Å². The average molecular weight is 490 g/mol. The highest BCUT2D eigenvalue weighted by atomic mass is 19.4. The van der Waals surface area contributed by atoms with E-state index in [0.717, 1.165) is 30.3 Å². The molecule has 1 heterocycles. The summed E-state index contributed by atoms with van der Waals surface area (Å²) in [7, 11) is 0. The molecule has 180 valence electrons. The first-order chi connectivity index (χ1) is 16.5. The summed E-state index contributed by atoms with van der Waals surface area (Å²) in [5.41, 5.74) is 4.29. The SMILES string of the molecule is Cc1cc(F)ccc1Oc1cc(C(F)(F)F)ccc1C(=O)Nc1ccc(F)c(-c2nc(N)no2)c1. The van der Waals surface area contributed by atoms with E-state index in [-0.39, 0.29) is 34.4 Å². The van der Waals surface area contributed by atoms with Gasteiger partial charge in [-0.15, -0.1) is 0 Å². The summed E-state index contributed by atoms with van der Waals surface area (Å²) in [5.74, 6) is -2.98. The summed E-state index contributed by atoms with van der Waals surface area (Å²) in [4.78, 5) is 16.7. The molecule has 12 heteroatoms. The van der Waals surface area contributed by atoms with Gasteiger partial charge < -0.3 is 20.3 Å². The van der Waals surface area contributed by atoms with Crippen LogP contribution in [0.25, 0.3) is 11.5 Å². The van der Waals surface area contributed by atoms with Crippen LogP contribution in [0.4, 0.5) is 33.6 Å². The van der Waals surface area contributed by atoms with Gasteiger partial charge in [0.25, 0.3) is 17.7 Å². The second-order valence-electron chi connectivity index (χ2n) is 7.33. The van der Waals surface area contributed by atoms with Gasteiger partial charge in [-0.1, -0.05) is 0 Å². The van der Waals surface area contributed by atoms with Crippen molar-refractivity contribution in [3.8, 4) is 23.0 Å². The van der Waals surface area contributed by atoms with Crippen molar-refractivity contribution >= 4 is 17.5 Å². The number of carbonyl (C=O) groups excluding carboxylic acids is 1. The number of halogens is 5. The van der Waals surface area contributed by atoms with Crippen LogP contribution in [-0.2, 0) is 6.18 Å². The fraction of sp³-hybridized carbons (Fsp3) is 0.0870. The van der Waals surface area contributed by atoms with Crippen molar-refractivity contribution in [2.24, 2.45) is 0 Å². The Morgan fingerprint density at radius 2 is 1.80 bits per heavy atom. The van der Waals surface area contributed by atoms with Crippen LogP contribution in [0.3, 0.4) is 0 Å². The van der Waals surface area contributed by atoms with E-state index in [2.05, 4.69) is 15.5 Å². The van der Waals surface area contributed by atoms with Gasteiger partial charge in [0.1, 0.15) is 23.1 Å². The van der Waals surface area contributed by atoms with E-state index in [1.807, 2.05) is 0 Å². The number of hydrogen-bond donors (Lipinski definition) is 2. The summed E-state index contributed by atoms with van der Waals surface area (Å²) < 4.78 is 77.9. The van der Waals surface area contributed by atoms with Crippen LogP contribution in [0, 0.1) is 18.6 Å². The van der Waals surface area contributed by atoms with Crippen LogP contribution in [0.1, 0.15) is 21.5 Å². The third-order valence-corrected chi connectivity index (χ3v) is 4.81. The molecule has 4 rings (SSSR count). The molecule has 0 radical (unpaired) electrons. The minimum atomic E-state index is -4.71. The summed E-state index contributed by atoms with van der Waals surface area (Å²) >= 11 is 0. The van der Waals surface area contributed by atoms with E-state index in [0.29, 0.717) is 11.6 Å². The van der Waals surface area contributed by atoms with Gasteiger partial charge in [0.05, 0.1) is 16.7 Å². The highest BCUT2D eigenvalue weighted by Gasteiger charge is 2.32. The first-order valence-corrected chi connectivity index (χ1v) is 9.87. The summed E-state index contributed by atoms with van der Waals surface area (Å²) in [6.07, 6.45) is -4.71. The number of benzene rings is 3. The minimum absolute atomic E-state index is 0.0535. The highest BCUT2D eigenvalue weighted by Crippen LogP contribution is 2.36. The molecule has 1 amide bonds. The minimum Gasteiger partial charge on any atom is -0.456 e. The molecule has 0 spiro atoms. The fourth-order valence-electron chi connectivity index (χ4n) is 3.13. The Morgan fingerprint density at radius 1 is 1.03 bits per heavy atom. The molecule has 35 heavy (non-hydrogen) atoms. The molecule has 0 saturated carbocycles. The number of nitrogen functional groups attached to an aromatic ring is 1. The molecular formula is C23H15F5N4O3. The summed E-state index contributed by atoms with van der Waals surface area (Å²) in [5, 5.41) is 5.83. The Hall–Kier alpha value is -4.48. The maximum absolute atomic E-state index is 14.2. The molecule has 0 aliphatic heterocycles. The van der Waals surface area contributed by atoms with Crippen LogP contribution in [-0.4, -0.2) is 16.0 Å². The predicted octanol–water partition coefficient (Wildman–Crippen LogP) is 5.97. The predicted molar refractivity (Wildman–Crippen MR) is 115 cm³/mol. The third-order valence-electron chi connectivity index (χ3n) is 4.81. The average Bonchev–Trinajstić information content (AvgIpc) is 3.22. The third kappa shape index (κ3) is 5.21. The van der Waals surface area contributed by atoms with Crippen LogP contribution >= 0.6 is 0 Å². The molecule has 0 bridgehead atoms. The molecule has 0 aliphatic carbocycles. The largest absolute Gasteiger partial charge is 0.456 e. The van der Waals surface area contributed by atoms with E-state index in [9.17, 15) is 26.7 Å². The quantitative estimate of drug-likeness (QED) is 0.334. The first kappa shape index (κ1) is 23.7. The number of alkyl halides is 3. The zero-order valence-electron chi connectivity index (χ0n) is 17.8. The van der Waals surface area contributed by atoms with Crippen molar-refractivity contribution in [3.05, 3.63) is 82.9 Å². The van der Waals surface area contributed by atoms with Gasteiger partial charge in [0.2, 0.25) is 0 Å². The van der Waals surface area contributed by atoms with Crippen molar-refractivity contribution < 1.29 is 36.0 Å². The van der Waals surface area contributed by atoms with Gasteiger partial charge in [0.15, 0.2) is 0 Å². The molecule has 3 N–H and O–H groups in total. The van der Waals surface area contributed by atoms with Crippen molar-refractivity contribution in [2.45, 2.75) is 13.1 Å². The number of carbonyl (C=O) groups is 1. The standard InChI is InChI=1S/C23H15F5N4O3/c1-11-8-13(24)3-7-18(11)34-19-9-12(23(26,27)28)2-5-15(19)20(33)30-14-4-6-17(25)16(10-14)21-31-22(29)32-35-21/h2-10H,1H3,(H2,29,32)(H,30,33). The molecule has 1 aromatic heterocycles. The van der Waals surface area contributed by atoms with E-state index >= 15 is 0 Å². The Labute approximate surface area is 194 Å². The lowest BCUT2D eigenvalue weighted by Crippen LogP contribution is -2.15. The molecule has 0 fully saturated rings. The van der Waals surface area contributed by atoms with Gasteiger partial charge in [-0.05, 0) is 72.2 Å². The maximum Gasteiger partial charge on any atom is 0.416 e. The van der Waals surface area contributed by atoms with Crippen molar-refractivity contribution in [1.29, 1.82) is 0 Å². The van der Waals surface area contributed by atoms with Gasteiger partial charge in [-0.25, -0.2) is 8.78 Å². The smallest absolute Gasteiger partial charge is 0.416 e. The fourth-order valence-corrected chi connectivity index (χ4v) is 3.13. The molecule has 0 aliphatic rings. The highest BCUT2D eigenvalue weighted by molar-refractivity contribution is 6.06. The molecule has 0 atom stereocenters. The normalized spacial score (nSPS) is 11.4. The van der Waals surface area contributed by atoms with Gasteiger partial charge >= 0.3 is 6.18 Å². The van der Waals surface area contributed by atoms with Crippen molar-refractivity contribution in [1.82, 2.24) is 10.1 Å². The lowest BCUT2D eigenvalue weighted by molar-refractivity contribution is -0.137. The number of aryl methyl sites for hydroxylation is 1.